The van der Waals surface area contributed by atoms with E-state index < -0.39 is 9.84 Å². The monoisotopic (exact) mass is 289 g/mol. The second kappa shape index (κ2) is 6.10. The summed E-state index contributed by atoms with van der Waals surface area (Å²) in [6, 6.07) is 0.0938. The smallest absolute Gasteiger partial charge is 0.148 e. The number of hydrogen-bond donors (Lipinski definition) is 1. The zero-order valence-corrected chi connectivity index (χ0v) is 13.0. The quantitative estimate of drug-likeness (QED) is 0.809. The van der Waals surface area contributed by atoms with Gasteiger partial charge < -0.3 is 10.1 Å². The lowest BCUT2D eigenvalue weighted by Crippen LogP contribution is -2.52. The summed E-state index contributed by atoms with van der Waals surface area (Å²) < 4.78 is 29.2. The lowest BCUT2D eigenvalue weighted by molar-refractivity contribution is -0.146. The van der Waals surface area contributed by atoms with Crippen LogP contribution in [0.1, 0.15) is 45.4 Å². The van der Waals surface area contributed by atoms with Gasteiger partial charge in [0.2, 0.25) is 0 Å². The molecular formula is C14H27NO3S. The molecular weight excluding hydrogens is 262 g/mol. The molecule has 4 nitrogen and oxygen atoms in total. The maximum Gasteiger partial charge on any atom is 0.148 e. The fourth-order valence-corrected chi connectivity index (χ4v) is 4.39. The van der Waals surface area contributed by atoms with Crippen LogP contribution in [0.2, 0.25) is 0 Å². The van der Waals surface area contributed by atoms with E-state index in [-0.39, 0.29) is 17.4 Å². The summed E-state index contributed by atoms with van der Waals surface area (Å²) in [5, 5.41) is 3.45. The van der Waals surface area contributed by atoms with E-state index in [1.54, 1.807) is 0 Å². The third kappa shape index (κ3) is 4.17. The average molecular weight is 289 g/mol. The first-order valence-electron chi connectivity index (χ1n) is 7.49. The maximum absolute atomic E-state index is 11.6. The van der Waals surface area contributed by atoms with E-state index in [0.717, 1.165) is 45.3 Å². The van der Waals surface area contributed by atoms with Crippen molar-refractivity contribution in [2.75, 3.05) is 25.2 Å². The second-order valence-corrected chi connectivity index (χ2v) is 8.48. The van der Waals surface area contributed by atoms with Crippen molar-refractivity contribution in [3.8, 4) is 0 Å². The molecule has 2 aliphatic rings. The van der Waals surface area contributed by atoms with E-state index in [2.05, 4.69) is 12.2 Å². The molecule has 1 spiro atoms. The molecule has 1 heterocycles. The molecule has 1 aliphatic heterocycles. The summed E-state index contributed by atoms with van der Waals surface area (Å²) in [5.41, 5.74) is 0.0898. The van der Waals surface area contributed by atoms with Gasteiger partial charge in [-0.05, 0) is 51.0 Å². The largest absolute Gasteiger partial charge is 0.375 e. The molecule has 1 saturated carbocycles. The summed E-state index contributed by atoms with van der Waals surface area (Å²) in [4.78, 5) is 0. The van der Waals surface area contributed by atoms with Gasteiger partial charge >= 0.3 is 0 Å². The standard InChI is InChI=1S/C14H27NO3S/c1-3-8-15-13(11-19(2,16)17)12-5-9-18-14(10-12)6-4-7-14/h12-13,15H,3-11H2,1-2H3. The normalized spacial score (nSPS) is 28.0. The maximum atomic E-state index is 11.6. The van der Waals surface area contributed by atoms with Crippen LogP contribution < -0.4 is 5.32 Å². The molecule has 2 fully saturated rings. The topological polar surface area (TPSA) is 55.4 Å². The number of hydrogen-bond acceptors (Lipinski definition) is 4. The van der Waals surface area contributed by atoms with Crippen LogP contribution in [0.5, 0.6) is 0 Å². The highest BCUT2D eigenvalue weighted by Crippen LogP contribution is 2.45. The Bertz CT molecular complexity index is 389. The van der Waals surface area contributed by atoms with Gasteiger partial charge in [-0.1, -0.05) is 6.92 Å². The molecule has 0 aromatic carbocycles. The Hall–Kier alpha value is -0.130. The first-order valence-corrected chi connectivity index (χ1v) is 9.55. The predicted octanol–water partition coefficient (Wildman–Crippen LogP) is 1.75. The van der Waals surface area contributed by atoms with Crippen molar-refractivity contribution in [3.05, 3.63) is 0 Å². The molecule has 1 saturated heterocycles. The molecule has 0 amide bonds. The van der Waals surface area contributed by atoms with Gasteiger partial charge in [-0.25, -0.2) is 8.42 Å². The van der Waals surface area contributed by atoms with Crippen molar-refractivity contribution in [3.63, 3.8) is 0 Å². The van der Waals surface area contributed by atoms with E-state index in [1.165, 1.54) is 12.7 Å². The summed E-state index contributed by atoms with van der Waals surface area (Å²) in [6.45, 7) is 3.80. The Morgan fingerprint density at radius 3 is 2.68 bits per heavy atom. The van der Waals surface area contributed by atoms with Crippen LogP contribution in [0.25, 0.3) is 0 Å². The molecule has 19 heavy (non-hydrogen) atoms. The molecule has 0 bridgehead atoms. The molecule has 1 N–H and O–H groups in total. The van der Waals surface area contributed by atoms with Crippen molar-refractivity contribution < 1.29 is 13.2 Å². The Kier molecular flexibility index (Phi) is 4.90. The highest BCUT2D eigenvalue weighted by molar-refractivity contribution is 7.90. The van der Waals surface area contributed by atoms with Crippen LogP contribution in [0, 0.1) is 5.92 Å². The van der Waals surface area contributed by atoms with Crippen molar-refractivity contribution >= 4 is 9.84 Å². The molecule has 0 radical (unpaired) electrons. The van der Waals surface area contributed by atoms with Gasteiger partial charge in [0, 0.05) is 18.9 Å². The van der Waals surface area contributed by atoms with E-state index in [4.69, 9.17) is 4.74 Å². The zero-order valence-electron chi connectivity index (χ0n) is 12.2. The van der Waals surface area contributed by atoms with E-state index in [9.17, 15) is 8.42 Å². The van der Waals surface area contributed by atoms with Gasteiger partial charge in [0.25, 0.3) is 0 Å². The van der Waals surface area contributed by atoms with Gasteiger partial charge in [0.15, 0.2) is 0 Å². The van der Waals surface area contributed by atoms with Crippen LogP contribution in [0.3, 0.4) is 0 Å². The van der Waals surface area contributed by atoms with Crippen LogP contribution in [-0.4, -0.2) is 45.2 Å². The van der Waals surface area contributed by atoms with E-state index >= 15 is 0 Å². The minimum atomic E-state index is -2.93. The highest BCUT2D eigenvalue weighted by Gasteiger charge is 2.44. The fraction of sp³-hybridized carbons (Fsp3) is 1.00. The Balaban J connectivity index is 1.99. The van der Waals surface area contributed by atoms with E-state index in [1.807, 2.05) is 0 Å². The number of sulfone groups is 1. The Morgan fingerprint density at radius 2 is 2.16 bits per heavy atom. The number of ether oxygens (including phenoxy) is 1. The van der Waals surface area contributed by atoms with Crippen molar-refractivity contribution in [2.24, 2.45) is 5.92 Å². The van der Waals surface area contributed by atoms with Gasteiger partial charge in [0.05, 0.1) is 11.4 Å². The predicted molar refractivity (Wildman–Crippen MR) is 77.1 cm³/mol. The molecule has 0 aromatic heterocycles. The van der Waals surface area contributed by atoms with Gasteiger partial charge in [-0.2, -0.15) is 0 Å². The van der Waals surface area contributed by atoms with Crippen LogP contribution in [-0.2, 0) is 14.6 Å². The first-order chi connectivity index (χ1) is 8.94. The fourth-order valence-electron chi connectivity index (χ4n) is 3.35. The van der Waals surface area contributed by atoms with Crippen LogP contribution in [0.4, 0.5) is 0 Å². The molecule has 5 heteroatoms. The average Bonchev–Trinajstić information content (AvgIpc) is 2.31. The van der Waals surface area contributed by atoms with Crippen LogP contribution >= 0.6 is 0 Å². The van der Waals surface area contributed by atoms with Crippen molar-refractivity contribution in [1.29, 1.82) is 0 Å². The third-order valence-corrected chi connectivity index (χ3v) is 5.47. The first kappa shape index (κ1) is 15.3. The summed E-state index contributed by atoms with van der Waals surface area (Å²) in [6.07, 6.45) is 7.96. The van der Waals surface area contributed by atoms with Crippen molar-refractivity contribution in [2.45, 2.75) is 57.1 Å². The van der Waals surface area contributed by atoms with E-state index in [0.29, 0.717) is 5.92 Å². The molecule has 2 atom stereocenters. The van der Waals surface area contributed by atoms with Crippen molar-refractivity contribution in [1.82, 2.24) is 5.32 Å². The lowest BCUT2D eigenvalue weighted by Gasteiger charge is -2.48. The third-order valence-electron chi connectivity index (χ3n) is 4.50. The van der Waals surface area contributed by atoms with Gasteiger partial charge in [-0.3, -0.25) is 0 Å². The summed E-state index contributed by atoms with van der Waals surface area (Å²) in [7, 11) is -2.93. The second-order valence-electron chi connectivity index (χ2n) is 6.29. The summed E-state index contributed by atoms with van der Waals surface area (Å²) in [5.74, 6) is 0.698. The Morgan fingerprint density at radius 1 is 1.42 bits per heavy atom. The molecule has 2 rings (SSSR count). The molecule has 2 unspecified atom stereocenters. The molecule has 112 valence electrons. The van der Waals surface area contributed by atoms with Gasteiger partial charge in [-0.15, -0.1) is 0 Å². The zero-order chi connectivity index (χ0) is 13.9. The molecule has 1 aliphatic carbocycles. The number of nitrogens with one attached hydrogen (secondary N) is 1. The minimum Gasteiger partial charge on any atom is -0.375 e. The molecule has 0 aromatic rings. The van der Waals surface area contributed by atoms with Gasteiger partial charge in [0.1, 0.15) is 9.84 Å². The highest BCUT2D eigenvalue weighted by atomic mass is 32.2. The summed E-state index contributed by atoms with van der Waals surface area (Å²) >= 11 is 0. The number of rotatable bonds is 6. The SMILES string of the molecule is CCCNC(CS(C)(=O)=O)C1CCOC2(CCC2)C1. The lowest BCUT2D eigenvalue weighted by atomic mass is 9.70. The van der Waals surface area contributed by atoms with Crippen LogP contribution in [0.15, 0.2) is 0 Å². The minimum absolute atomic E-state index is 0.0898. The Labute approximate surface area is 117 Å².